The molecule has 2 rings (SSSR count). The minimum absolute atomic E-state index is 0.173. The van der Waals surface area contributed by atoms with E-state index < -0.39 is 0 Å². The van der Waals surface area contributed by atoms with E-state index in [9.17, 15) is 4.39 Å². The van der Waals surface area contributed by atoms with E-state index in [0.717, 1.165) is 23.0 Å². The van der Waals surface area contributed by atoms with E-state index in [1.54, 1.807) is 12.1 Å². The summed E-state index contributed by atoms with van der Waals surface area (Å²) in [6.07, 6.45) is 0.893. The van der Waals surface area contributed by atoms with Crippen LogP contribution in [-0.2, 0) is 6.42 Å². The third kappa shape index (κ3) is 4.15. The summed E-state index contributed by atoms with van der Waals surface area (Å²) in [6.45, 7) is 0.829. The van der Waals surface area contributed by atoms with E-state index in [0.29, 0.717) is 0 Å². The quantitative estimate of drug-likeness (QED) is 0.873. The fraction of sp³-hybridized carbons (Fsp3) is 0.250. The van der Waals surface area contributed by atoms with Crippen LogP contribution >= 0.6 is 15.9 Å². The minimum Gasteiger partial charge on any atom is -0.319 e. The van der Waals surface area contributed by atoms with Crippen molar-refractivity contribution in [2.45, 2.75) is 12.3 Å². The zero-order valence-electron chi connectivity index (χ0n) is 10.9. The Labute approximate surface area is 122 Å². The van der Waals surface area contributed by atoms with Crippen molar-refractivity contribution in [3.8, 4) is 0 Å². The molecular weight excluding hydrogens is 305 g/mol. The van der Waals surface area contributed by atoms with Gasteiger partial charge < -0.3 is 5.32 Å². The number of nitrogens with one attached hydrogen (secondary N) is 1. The number of rotatable bonds is 5. The van der Waals surface area contributed by atoms with Gasteiger partial charge in [-0.25, -0.2) is 4.39 Å². The van der Waals surface area contributed by atoms with Gasteiger partial charge in [0.25, 0.3) is 0 Å². The van der Waals surface area contributed by atoms with E-state index in [-0.39, 0.29) is 11.7 Å². The van der Waals surface area contributed by atoms with Gasteiger partial charge in [0.05, 0.1) is 0 Å². The van der Waals surface area contributed by atoms with Gasteiger partial charge in [-0.2, -0.15) is 0 Å². The molecule has 0 heterocycles. The number of benzene rings is 2. The van der Waals surface area contributed by atoms with E-state index >= 15 is 0 Å². The van der Waals surface area contributed by atoms with Crippen LogP contribution in [0.15, 0.2) is 53.0 Å². The van der Waals surface area contributed by atoms with Crippen molar-refractivity contribution in [3.05, 3.63) is 69.9 Å². The highest BCUT2D eigenvalue weighted by Gasteiger charge is 2.12. The molecule has 0 spiro atoms. The van der Waals surface area contributed by atoms with Crippen molar-refractivity contribution in [2.75, 3.05) is 13.6 Å². The Morgan fingerprint density at radius 1 is 1.16 bits per heavy atom. The van der Waals surface area contributed by atoms with Crippen molar-refractivity contribution in [3.63, 3.8) is 0 Å². The topological polar surface area (TPSA) is 12.0 Å². The lowest BCUT2D eigenvalue weighted by molar-refractivity contribution is 0.600. The summed E-state index contributed by atoms with van der Waals surface area (Å²) < 4.78 is 14.4. The maximum Gasteiger partial charge on any atom is 0.123 e. The number of likely N-dealkylation sites (N-methyl/N-ethyl adjacent to an activating group) is 1. The van der Waals surface area contributed by atoms with Crippen LogP contribution in [0.4, 0.5) is 4.39 Å². The normalized spacial score (nSPS) is 12.4. The second-order valence-electron chi connectivity index (χ2n) is 4.64. The van der Waals surface area contributed by atoms with Crippen molar-refractivity contribution in [1.82, 2.24) is 5.32 Å². The minimum atomic E-state index is -0.173. The molecule has 0 amide bonds. The summed E-state index contributed by atoms with van der Waals surface area (Å²) in [5, 5.41) is 3.19. The predicted molar refractivity (Wildman–Crippen MR) is 80.9 cm³/mol. The smallest absolute Gasteiger partial charge is 0.123 e. The molecule has 1 atom stereocenters. The SMILES string of the molecule is CNCC(Cc1cccc(Br)c1)c1cccc(F)c1. The van der Waals surface area contributed by atoms with Crippen LogP contribution in [0.3, 0.4) is 0 Å². The Hall–Kier alpha value is -1.19. The largest absolute Gasteiger partial charge is 0.319 e. The molecule has 0 saturated carbocycles. The van der Waals surface area contributed by atoms with Crippen molar-refractivity contribution in [2.24, 2.45) is 0 Å². The van der Waals surface area contributed by atoms with E-state index in [4.69, 9.17) is 0 Å². The highest BCUT2D eigenvalue weighted by molar-refractivity contribution is 9.10. The molecule has 1 N–H and O–H groups in total. The summed E-state index contributed by atoms with van der Waals surface area (Å²) in [5.74, 6) is 0.0999. The van der Waals surface area contributed by atoms with Gasteiger partial charge in [-0.1, -0.05) is 40.2 Å². The highest BCUT2D eigenvalue weighted by atomic mass is 79.9. The number of halogens is 2. The van der Waals surface area contributed by atoms with Gasteiger partial charge in [0.15, 0.2) is 0 Å². The maximum absolute atomic E-state index is 13.3. The first-order chi connectivity index (χ1) is 9.19. The molecule has 2 aromatic rings. The van der Waals surface area contributed by atoms with Crippen molar-refractivity contribution >= 4 is 15.9 Å². The van der Waals surface area contributed by atoms with Crippen LogP contribution < -0.4 is 5.32 Å². The third-order valence-corrected chi connectivity index (χ3v) is 3.63. The fourth-order valence-corrected chi connectivity index (χ4v) is 2.71. The van der Waals surface area contributed by atoms with Gasteiger partial charge >= 0.3 is 0 Å². The van der Waals surface area contributed by atoms with Gasteiger partial charge in [0, 0.05) is 16.9 Å². The molecule has 0 radical (unpaired) electrons. The first-order valence-electron chi connectivity index (χ1n) is 6.33. The zero-order chi connectivity index (χ0) is 13.7. The number of hydrogen-bond donors (Lipinski definition) is 1. The average Bonchev–Trinajstić information content (AvgIpc) is 2.38. The molecule has 100 valence electrons. The average molecular weight is 322 g/mol. The lowest BCUT2D eigenvalue weighted by atomic mass is 9.92. The first-order valence-corrected chi connectivity index (χ1v) is 7.13. The van der Waals surface area contributed by atoms with Gasteiger partial charge in [-0.05, 0) is 48.9 Å². The Kier molecular flexibility index (Phi) is 5.11. The van der Waals surface area contributed by atoms with Crippen LogP contribution in [0.1, 0.15) is 17.0 Å². The lowest BCUT2D eigenvalue weighted by Gasteiger charge is -2.17. The van der Waals surface area contributed by atoms with E-state index in [1.807, 2.05) is 25.2 Å². The summed E-state index contributed by atoms with van der Waals surface area (Å²) >= 11 is 3.48. The maximum atomic E-state index is 13.3. The second-order valence-corrected chi connectivity index (χ2v) is 5.56. The van der Waals surface area contributed by atoms with Crippen LogP contribution in [0.5, 0.6) is 0 Å². The Balaban J connectivity index is 2.21. The van der Waals surface area contributed by atoms with E-state index in [1.165, 1.54) is 11.6 Å². The summed E-state index contributed by atoms with van der Waals surface area (Å²) in [7, 11) is 1.92. The molecule has 0 aliphatic carbocycles. The lowest BCUT2D eigenvalue weighted by Crippen LogP contribution is -2.19. The van der Waals surface area contributed by atoms with Crippen LogP contribution in [-0.4, -0.2) is 13.6 Å². The molecule has 0 aliphatic heterocycles. The molecule has 3 heteroatoms. The Bertz CT molecular complexity index is 542. The molecule has 1 nitrogen and oxygen atoms in total. The second kappa shape index (κ2) is 6.83. The number of hydrogen-bond acceptors (Lipinski definition) is 1. The van der Waals surface area contributed by atoms with Crippen molar-refractivity contribution < 1.29 is 4.39 Å². The van der Waals surface area contributed by atoms with Crippen LogP contribution in [0.2, 0.25) is 0 Å². The monoisotopic (exact) mass is 321 g/mol. The Morgan fingerprint density at radius 2 is 1.95 bits per heavy atom. The first kappa shape index (κ1) is 14.2. The molecule has 0 fully saturated rings. The van der Waals surface area contributed by atoms with Gasteiger partial charge in [-0.3, -0.25) is 0 Å². The van der Waals surface area contributed by atoms with Crippen LogP contribution in [0.25, 0.3) is 0 Å². The Morgan fingerprint density at radius 3 is 2.63 bits per heavy atom. The predicted octanol–water partition coefficient (Wildman–Crippen LogP) is 4.13. The summed E-state index contributed by atoms with van der Waals surface area (Å²) in [6, 6.07) is 15.1. The molecule has 0 aromatic heterocycles. The molecule has 19 heavy (non-hydrogen) atoms. The fourth-order valence-electron chi connectivity index (χ4n) is 2.26. The third-order valence-electron chi connectivity index (χ3n) is 3.14. The zero-order valence-corrected chi connectivity index (χ0v) is 12.5. The summed E-state index contributed by atoms with van der Waals surface area (Å²) in [4.78, 5) is 0. The van der Waals surface area contributed by atoms with E-state index in [2.05, 4.69) is 33.4 Å². The standard InChI is InChI=1S/C16H17BrFN/c1-19-11-14(13-5-3-7-16(18)10-13)8-12-4-2-6-15(17)9-12/h2-7,9-10,14,19H,8,11H2,1H3. The summed E-state index contributed by atoms with van der Waals surface area (Å²) in [5.41, 5.74) is 2.29. The molecule has 2 aromatic carbocycles. The molecular formula is C16H17BrFN. The van der Waals surface area contributed by atoms with Crippen molar-refractivity contribution in [1.29, 1.82) is 0 Å². The molecule has 0 bridgehead atoms. The van der Waals surface area contributed by atoms with Gasteiger partial charge in [-0.15, -0.1) is 0 Å². The van der Waals surface area contributed by atoms with Crippen LogP contribution in [0, 0.1) is 5.82 Å². The molecule has 1 unspecified atom stereocenters. The van der Waals surface area contributed by atoms with Gasteiger partial charge in [0.1, 0.15) is 5.82 Å². The molecule has 0 saturated heterocycles. The van der Waals surface area contributed by atoms with Gasteiger partial charge in [0.2, 0.25) is 0 Å². The highest BCUT2D eigenvalue weighted by Crippen LogP contribution is 2.22. The molecule has 0 aliphatic rings.